The van der Waals surface area contributed by atoms with Crippen LogP contribution in [0.5, 0.6) is 11.5 Å². The van der Waals surface area contributed by atoms with Gasteiger partial charge in [0.15, 0.2) is 5.76 Å². The van der Waals surface area contributed by atoms with E-state index in [1.54, 1.807) is 31.1 Å². The molecule has 1 N–H and O–H groups in total. The van der Waals surface area contributed by atoms with Crippen LogP contribution in [0.3, 0.4) is 0 Å². The number of nitrogens with zero attached hydrogens (tertiary/aromatic N) is 2. The molecule has 2 heterocycles. The fourth-order valence-electron chi connectivity index (χ4n) is 3.02. The van der Waals surface area contributed by atoms with Gasteiger partial charge in [0.05, 0.1) is 32.3 Å². The molecule has 0 unspecified atom stereocenters. The number of carbonyl (C=O) groups excluding carboxylic acids is 1. The standard InChI is InChI=1S/C21H22N2O6S/c1-23-17(7-8-22-23)16(11-19(25)28-3)21-20(26)18(24)10-14(29-21)12-30-15-6-4-5-13(9-15)27-2/h4-10,16,26H,11-12H2,1-3H3/t16-/m0/s1. The van der Waals surface area contributed by atoms with E-state index in [9.17, 15) is 14.7 Å². The van der Waals surface area contributed by atoms with Crippen molar-refractivity contribution in [2.45, 2.75) is 23.0 Å². The largest absolute Gasteiger partial charge is 0.502 e. The zero-order valence-corrected chi connectivity index (χ0v) is 17.6. The van der Waals surface area contributed by atoms with Gasteiger partial charge in [-0.1, -0.05) is 6.07 Å². The number of thioether (sulfide) groups is 1. The highest BCUT2D eigenvalue weighted by atomic mass is 32.2. The summed E-state index contributed by atoms with van der Waals surface area (Å²) in [6.07, 6.45) is 1.45. The smallest absolute Gasteiger partial charge is 0.306 e. The molecule has 2 aromatic heterocycles. The van der Waals surface area contributed by atoms with Gasteiger partial charge in [-0.05, 0) is 24.3 Å². The van der Waals surface area contributed by atoms with Crippen LogP contribution in [0.15, 0.2) is 56.7 Å². The third-order valence-electron chi connectivity index (χ3n) is 4.55. The van der Waals surface area contributed by atoms with Crippen molar-refractivity contribution >= 4 is 17.7 Å². The second-order valence-electron chi connectivity index (χ2n) is 6.47. The molecule has 3 rings (SSSR count). The third-order valence-corrected chi connectivity index (χ3v) is 5.57. The molecule has 158 valence electrons. The first kappa shape index (κ1) is 21.5. The number of methoxy groups -OCH3 is 2. The molecule has 0 radical (unpaired) electrons. The van der Waals surface area contributed by atoms with Gasteiger partial charge in [-0.2, -0.15) is 5.10 Å². The van der Waals surface area contributed by atoms with Crippen molar-refractivity contribution in [1.82, 2.24) is 9.78 Å². The molecule has 0 aliphatic rings. The molecular weight excluding hydrogens is 408 g/mol. The van der Waals surface area contributed by atoms with Crippen molar-refractivity contribution in [3.63, 3.8) is 0 Å². The molecule has 0 saturated heterocycles. The van der Waals surface area contributed by atoms with Crippen molar-refractivity contribution in [3.05, 3.63) is 70.0 Å². The quantitative estimate of drug-likeness (QED) is 0.430. The number of hydrogen-bond acceptors (Lipinski definition) is 8. The second-order valence-corrected chi connectivity index (χ2v) is 7.52. The highest BCUT2D eigenvalue weighted by Crippen LogP contribution is 2.34. The molecule has 0 aliphatic carbocycles. The molecule has 0 spiro atoms. The van der Waals surface area contributed by atoms with Crippen LogP contribution < -0.4 is 10.2 Å². The van der Waals surface area contributed by atoms with E-state index >= 15 is 0 Å². The lowest BCUT2D eigenvalue weighted by atomic mass is 9.97. The number of carbonyl (C=O) groups is 1. The highest BCUT2D eigenvalue weighted by Gasteiger charge is 2.28. The Bertz CT molecular complexity index is 1090. The topological polar surface area (TPSA) is 104 Å². The Morgan fingerprint density at radius 3 is 2.77 bits per heavy atom. The zero-order valence-electron chi connectivity index (χ0n) is 16.8. The van der Waals surface area contributed by atoms with Gasteiger partial charge in [0, 0.05) is 29.9 Å². The SMILES string of the molecule is COC(=O)C[C@H](c1oc(CSc2cccc(OC)c2)cc(=O)c1O)c1ccnn1C. The van der Waals surface area contributed by atoms with Gasteiger partial charge in [-0.15, -0.1) is 11.8 Å². The van der Waals surface area contributed by atoms with E-state index in [1.165, 1.54) is 24.9 Å². The summed E-state index contributed by atoms with van der Waals surface area (Å²) in [6, 6.07) is 10.5. The molecule has 0 bridgehead atoms. The number of ether oxygens (including phenoxy) is 2. The number of aromatic nitrogens is 2. The molecule has 3 aromatic rings. The van der Waals surface area contributed by atoms with E-state index < -0.39 is 23.1 Å². The summed E-state index contributed by atoms with van der Waals surface area (Å²) in [7, 11) is 4.58. The van der Waals surface area contributed by atoms with Gasteiger partial charge in [0.2, 0.25) is 11.2 Å². The van der Waals surface area contributed by atoms with Crippen LogP contribution in [-0.2, 0) is 22.3 Å². The number of benzene rings is 1. The van der Waals surface area contributed by atoms with Gasteiger partial charge in [-0.25, -0.2) is 0 Å². The maximum Gasteiger partial charge on any atom is 0.306 e. The van der Waals surface area contributed by atoms with Crippen LogP contribution in [0, 0.1) is 0 Å². The molecule has 9 heteroatoms. The minimum atomic E-state index is -0.723. The van der Waals surface area contributed by atoms with Gasteiger partial charge in [0.1, 0.15) is 11.5 Å². The summed E-state index contributed by atoms with van der Waals surface area (Å²) in [5.74, 6) is -0.289. The zero-order chi connectivity index (χ0) is 21.7. The van der Waals surface area contributed by atoms with Crippen LogP contribution >= 0.6 is 11.8 Å². The summed E-state index contributed by atoms with van der Waals surface area (Å²) in [5, 5.41) is 14.5. The summed E-state index contributed by atoms with van der Waals surface area (Å²) >= 11 is 1.45. The Morgan fingerprint density at radius 1 is 1.30 bits per heavy atom. The molecule has 30 heavy (non-hydrogen) atoms. The first-order valence-corrected chi connectivity index (χ1v) is 10.1. The average Bonchev–Trinajstić information content (AvgIpc) is 3.18. The van der Waals surface area contributed by atoms with Crippen LogP contribution in [0.1, 0.15) is 29.6 Å². The molecule has 0 fully saturated rings. The monoisotopic (exact) mass is 430 g/mol. The molecule has 0 saturated carbocycles. The normalized spacial score (nSPS) is 11.8. The highest BCUT2D eigenvalue weighted by molar-refractivity contribution is 7.98. The Labute approximate surface area is 177 Å². The van der Waals surface area contributed by atoms with Gasteiger partial charge in [-0.3, -0.25) is 14.3 Å². The summed E-state index contributed by atoms with van der Waals surface area (Å²) < 4.78 is 17.5. The van der Waals surface area contributed by atoms with Crippen LogP contribution in [0.2, 0.25) is 0 Å². The fourth-order valence-corrected chi connectivity index (χ4v) is 3.84. The summed E-state index contributed by atoms with van der Waals surface area (Å²) in [4.78, 5) is 25.3. The van der Waals surface area contributed by atoms with E-state index in [0.29, 0.717) is 17.2 Å². The summed E-state index contributed by atoms with van der Waals surface area (Å²) in [5.41, 5.74) is 0.0333. The lowest BCUT2D eigenvalue weighted by Gasteiger charge is -2.17. The summed E-state index contributed by atoms with van der Waals surface area (Å²) in [6.45, 7) is 0. The van der Waals surface area contributed by atoms with Gasteiger partial charge < -0.3 is 19.0 Å². The van der Waals surface area contributed by atoms with E-state index in [4.69, 9.17) is 13.9 Å². The average molecular weight is 430 g/mol. The van der Waals surface area contributed by atoms with Crippen molar-refractivity contribution < 1.29 is 23.8 Å². The minimum absolute atomic E-state index is 0.0118. The van der Waals surface area contributed by atoms with E-state index in [0.717, 1.165) is 10.6 Å². The van der Waals surface area contributed by atoms with Gasteiger partial charge in [0.25, 0.3) is 0 Å². The number of esters is 1. The molecule has 1 atom stereocenters. The third kappa shape index (κ3) is 4.85. The predicted octanol–water partition coefficient (Wildman–Crippen LogP) is 3.07. The number of aromatic hydroxyl groups is 1. The lowest BCUT2D eigenvalue weighted by molar-refractivity contribution is -0.141. The fraction of sp³-hybridized carbons (Fsp3) is 0.286. The lowest BCUT2D eigenvalue weighted by Crippen LogP contribution is -2.16. The minimum Gasteiger partial charge on any atom is -0.502 e. The number of hydrogen-bond donors (Lipinski definition) is 1. The predicted molar refractivity (Wildman–Crippen MR) is 111 cm³/mol. The van der Waals surface area contributed by atoms with Crippen LogP contribution in [0.4, 0.5) is 0 Å². The van der Waals surface area contributed by atoms with E-state index in [1.807, 2.05) is 24.3 Å². The number of rotatable bonds is 8. The molecule has 0 aliphatic heterocycles. The molecule has 8 nitrogen and oxygen atoms in total. The Kier molecular flexibility index (Phi) is 6.83. The van der Waals surface area contributed by atoms with Gasteiger partial charge >= 0.3 is 5.97 Å². The Hall–Kier alpha value is -3.20. The van der Waals surface area contributed by atoms with Crippen molar-refractivity contribution in [1.29, 1.82) is 0 Å². The van der Waals surface area contributed by atoms with Crippen LogP contribution in [-0.4, -0.2) is 35.1 Å². The maximum atomic E-state index is 12.4. The van der Waals surface area contributed by atoms with Crippen molar-refractivity contribution in [3.8, 4) is 11.5 Å². The second kappa shape index (κ2) is 9.53. The van der Waals surface area contributed by atoms with Crippen molar-refractivity contribution in [2.75, 3.05) is 14.2 Å². The van der Waals surface area contributed by atoms with E-state index in [2.05, 4.69) is 5.10 Å². The van der Waals surface area contributed by atoms with E-state index in [-0.39, 0.29) is 12.2 Å². The Morgan fingerprint density at radius 2 is 2.10 bits per heavy atom. The molecular formula is C21H22N2O6S. The first-order valence-electron chi connectivity index (χ1n) is 9.10. The molecule has 0 amide bonds. The Balaban J connectivity index is 1.94. The molecule has 1 aromatic carbocycles. The van der Waals surface area contributed by atoms with Crippen LogP contribution in [0.25, 0.3) is 0 Å². The first-order chi connectivity index (χ1) is 14.4. The van der Waals surface area contributed by atoms with Crippen molar-refractivity contribution in [2.24, 2.45) is 7.05 Å². The maximum absolute atomic E-state index is 12.4. The number of aryl methyl sites for hydroxylation is 1.